The Morgan fingerprint density at radius 1 is 1.05 bits per heavy atom. The van der Waals surface area contributed by atoms with Crippen LogP contribution in [0.2, 0.25) is 0 Å². The molecule has 0 bridgehead atoms. The Morgan fingerprint density at radius 3 is 2.73 bits per heavy atom. The van der Waals surface area contributed by atoms with Crippen molar-refractivity contribution in [2.75, 3.05) is 11.4 Å². The zero-order valence-electron chi connectivity index (χ0n) is 12.2. The molecule has 0 spiro atoms. The van der Waals surface area contributed by atoms with E-state index in [2.05, 4.69) is 34.1 Å². The molecule has 1 saturated heterocycles. The third kappa shape index (κ3) is 2.17. The highest BCUT2D eigenvalue weighted by atomic mass is 16.1. The summed E-state index contributed by atoms with van der Waals surface area (Å²) in [7, 11) is 0. The quantitative estimate of drug-likeness (QED) is 0.728. The van der Waals surface area contributed by atoms with Crippen LogP contribution in [-0.4, -0.2) is 15.9 Å². The third-order valence-electron chi connectivity index (χ3n) is 4.29. The van der Waals surface area contributed by atoms with Gasteiger partial charge in [-0.3, -0.25) is 9.20 Å². The molecule has 1 atom stereocenters. The fraction of sp³-hybridized carbons (Fsp3) is 0.222. The van der Waals surface area contributed by atoms with Crippen molar-refractivity contribution < 1.29 is 0 Å². The second-order valence-corrected chi connectivity index (χ2v) is 5.64. The van der Waals surface area contributed by atoms with Gasteiger partial charge in [-0.1, -0.05) is 36.4 Å². The lowest BCUT2D eigenvalue weighted by Crippen LogP contribution is -2.26. The lowest BCUT2D eigenvalue weighted by Gasteiger charge is -2.26. The van der Waals surface area contributed by atoms with Gasteiger partial charge in [0.1, 0.15) is 11.5 Å². The molecule has 22 heavy (non-hydrogen) atoms. The number of fused-ring (bicyclic) bond motifs is 1. The molecule has 4 nitrogen and oxygen atoms in total. The summed E-state index contributed by atoms with van der Waals surface area (Å²) in [6, 6.07) is 18.0. The second-order valence-electron chi connectivity index (χ2n) is 5.64. The molecule has 3 heterocycles. The van der Waals surface area contributed by atoms with Gasteiger partial charge in [0.15, 0.2) is 0 Å². The van der Waals surface area contributed by atoms with Gasteiger partial charge in [-0.25, -0.2) is 4.98 Å². The summed E-state index contributed by atoms with van der Waals surface area (Å²) in [5.74, 6) is 0.780. The van der Waals surface area contributed by atoms with Gasteiger partial charge in [0.05, 0.1) is 6.04 Å². The number of nitrogens with zero attached hydrogens (tertiary/aromatic N) is 3. The van der Waals surface area contributed by atoms with Crippen LogP contribution in [0.3, 0.4) is 0 Å². The van der Waals surface area contributed by atoms with E-state index in [4.69, 9.17) is 0 Å². The predicted molar refractivity (Wildman–Crippen MR) is 87.2 cm³/mol. The average Bonchev–Trinajstić information content (AvgIpc) is 3.05. The Bertz CT molecular complexity index is 857. The maximum atomic E-state index is 12.3. The van der Waals surface area contributed by atoms with Crippen LogP contribution < -0.4 is 10.5 Å². The van der Waals surface area contributed by atoms with E-state index >= 15 is 0 Å². The van der Waals surface area contributed by atoms with Gasteiger partial charge in [0.25, 0.3) is 5.56 Å². The van der Waals surface area contributed by atoms with Gasteiger partial charge < -0.3 is 4.90 Å². The molecule has 4 rings (SSSR count). The first-order valence-electron chi connectivity index (χ1n) is 7.63. The molecule has 0 N–H and O–H groups in total. The lowest BCUT2D eigenvalue weighted by molar-refractivity contribution is 0.710. The van der Waals surface area contributed by atoms with E-state index in [0.29, 0.717) is 11.7 Å². The Kier molecular flexibility index (Phi) is 3.15. The summed E-state index contributed by atoms with van der Waals surface area (Å²) in [6.07, 6.45) is 3.97. The van der Waals surface area contributed by atoms with Gasteiger partial charge in [-0.15, -0.1) is 0 Å². The minimum Gasteiger partial charge on any atom is -0.349 e. The van der Waals surface area contributed by atoms with Crippen LogP contribution in [0.25, 0.3) is 5.65 Å². The maximum Gasteiger partial charge on any atom is 0.259 e. The molecule has 2 aromatic heterocycles. The summed E-state index contributed by atoms with van der Waals surface area (Å²) >= 11 is 0. The maximum absolute atomic E-state index is 12.3. The molecule has 1 aliphatic rings. The standard InChI is InChI=1S/C18H17N3O/c22-18-13-17(19-16-10-4-5-11-21(16)18)20-12-6-9-15(20)14-7-2-1-3-8-14/h1-5,7-8,10-11,13,15H,6,9,12H2. The molecule has 0 amide bonds. The van der Waals surface area contributed by atoms with Crippen molar-refractivity contribution in [1.29, 1.82) is 0 Å². The lowest BCUT2D eigenvalue weighted by atomic mass is 10.0. The minimum absolute atomic E-state index is 0.0284. The molecular weight excluding hydrogens is 274 g/mol. The number of anilines is 1. The smallest absolute Gasteiger partial charge is 0.259 e. The molecule has 0 aliphatic carbocycles. The van der Waals surface area contributed by atoms with Crippen LogP contribution >= 0.6 is 0 Å². The largest absolute Gasteiger partial charge is 0.349 e. The molecule has 0 saturated carbocycles. The van der Waals surface area contributed by atoms with Crippen molar-refractivity contribution in [3.05, 3.63) is 76.7 Å². The van der Waals surface area contributed by atoms with Gasteiger partial charge in [-0.05, 0) is 30.5 Å². The molecular formula is C18H17N3O. The van der Waals surface area contributed by atoms with Crippen molar-refractivity contribution in [3.8, 4) is 0 Å². The summed E-state index contributed by atoms with van der Waals surface area (Å²) < 4.78 is 1.58. The summed E-state index contributed by atoms with van der Waals surface area (Å²) in [5, 5.41) is 0. The van der Waals surface area contributed by atoms with E-state index in [9.17, 15) is 4.79 Å². The predicted octanol–water partition coefficient (Wildman–Crippen LogP) is 3.04. The fourth-order valence-electron chi connectivity index (χ4n) is 3.25. The second kappa shape index (κ2) is 5.30. The van der Waals surface area contributed by atoms with E-state index in [1.807, 2.05) is 24.3 Å². The highest BCUT2D eigenvalue weighted by Gasteiger charge is 2.27. The Hall–Kier alpha value is -2.62. The highest BCUT2D eigenvalue weighted by Crippen LogP contribution is 2.34. The van der Waals surface area contributed by atoms with Crippen LogP contribution in [-0.2, 0) is 0 Å². The first-order valence-corrected chi connectivity index (χ1v) is 7.63. The van der Waals surface area contributed by atoms with E-state index < -0.39 is 0 Å². The first kappa shape index (κ1) is 13.1. The van der Waals surface area contributed by atoms with Crippen LogP contribution in [0.4, 0.5) is 5.82 Å². The molecule has 1 unspecified atom stereocenters. The number of benzene rings is 1. The number of hydrogen-bond donors (Lipinski definition) is 0. The molecule has 3 aromatic rings. The molecule has 1 fully saturated rings. The monoisotopic (exact) mass is 291 g/mol. The zero-order chi connectivity index (χ0) is 14.9. The van der Waals surface area contributed by atoms with Crippen LogP contribution in [0.1, 0.15) is 24.4 Å². The van der Waals surface area contributed by atoms with Crippen molar-refractivity contribution in [3.63, 3.8) is 0 Å². The summed E-state index contributed by atoms with van der Waals surface area (Å²) in [5.41, 5.74) is 1.96. The van der Waals surface area contributed by atoms with Gasteiger partial charge >= 0.3 is 0 Å². The molecule has 1 aromatic carbocycles. The van der Waals surface area contributed by atoms with Gasteiger partial charge in [0.2, 0.25) is 0 Å². The number of rotatable bonds is 2. The van der Waals surface area contributed by atoms with Gasteiger partial charge in [-0.2, -0.15) is 0 Å². The topological polar surface area (TPSA) is 37.6 Å². The van der Waals surface area contributed by atoms with Crippen molar-refractivity contribution >= 4 is 11.5 Å². The highest BCUT2D eigenvalue weighted by molar-refractivity contribution is 5.50. The first-order chi connectivity index (χ1) is 10.8. The Balaban J connectivity index is 1.79. The van der Waals surface area contributed by atoms with E-state index in [0.717, 1.165) is 25.2 Å². The number of pyridine rings is 1. The molecule has 4 heteroatoms. The summed E-state index contributed by atoms with van der Waals surface area (Å²) in [6.45, 7) is 0.939. The number of aromatic nitrogens is 2. The average molecular weight is 291 g/mol. The third-order valence-corrected chi connectivity index (χ3v) is 4.29. The summed E-state index contributed by atoms with van der Waals surface area (Å²) in [4.78, 5) is 19.2. The van der Waals surface area contributed by atoms with Crippen molar-refractivity contribution in [1.82, 2.24) is 9.38 Å². The van der Waals surface area contributed by atoms with Crippen LogP contribution in [0.5, 0.6) is 0 Å². The minimum atomic E-state index is -0.0284. The zero-order valence-corrected chi connectivity index (χ0v) is 12.2. The molecule has 1 aliphatic heterocycles. The van der Waals surface area contributed by atoms with Crippen molar-refractivity contribution in [2.24, 2.45) is 0 Å². The SMILES string of the molecule is O=c1cc(N2CCCC2c2ccccc2)nc2ccccn12. The van der Waals surface area contributed by atoms with E-state index in [1.54, 1.807) is 16.7 Å². The molecule has 0 radical (unpaired) electrons. The fourth-order valence-corrected chi connectivity index (χ4v) is 3.25. The number of hydrogen-bond acceptors (Lipinski definition) is 3. The van der Waals surface area contributed by atoms with Crippen LogP contribution in [0.15, 0.2) is 65.6 Å². The van der Waals surface area contributed by atoms with E-state index in [-0.39, 0.29) is 5.56 Å². The normalized spacial score (nSPS) is 18.0. The Labute approximate surface area is 128 Å². The molecule has 110 valence electrons. The Morgan fingerprint density at radius 2 is 1.86 bits per heavy atom. The van der Waals surface area contributed by atoms with Crippen LogP contribution in [0, 0.1) is 0 Å². The van der Waals surface area contributed by atoms with Crippen molar-refractivity contribution in [2.45, 2.75) is 18.9 Å². The van der Waals surface area contributed by atoms with Gasteiger partial charge in [0, 0.05) is 18.8 Å². The van der Waals surface area contributed by atoms with E-state index in [1.165, 1.54) is 5.56 Å².